The minimum absolute atomic E-state index is 0.125. The molecule has 1 heterocycles. The zero-order valence-corrected chi connectivity index (χ0v) is 12.5. The molecule has 0 unspecified atom stereocenters. The quantitative estimate of drug-likeness (QED) is 0.674. The van der Waals surface area contributed by atoms with Crippen molar-refractivity contribution in [1.29, 1.82) is 0 Å². The molecule has 1 atom stereocenters. The van der Waals surface area contributed by atoms with E-state index >= 15 is 0 Å². The van der Waals surface area contributed by atoms with Gasteiger partial charge in [-0.25, -0.2) is 0 Å². The first-order valence-electron chi connectivity index (χ1n) is 7.32. The van der Waals surface area contributed by atoms with E-state index in [1.54, 1.807) is 23.3 Å². The van der Waals surface area contributed by atoms with Crippen molar-refractivity contribution in [3.63, 3.8) is 0 Å². The maximum atomic E-state index is 12.8. The highest BCUT2D eigenvalue weighted by Crippen LogP contribution is 2.36. The summed E-state index contributed by atoms with van der Waals surface area (Å²) in [5.41, 5.74) is -0.197. The topological polar surface area (TPSA) is 96.8 Å². The number of phenols is 1. The number of nitro groups is 1. The lowest BCUT2D eigenvalue weighted by molar-refractivity contribution is -0.385. The number of nitro benzene ring substituents is 1. The monoisotopic (exact) mass is 316 g/mol. The molecule has 1 N–H and O–H groups in total. The summed E-state index contributed by atoms with van der Waals surface area (Å²) < 4.78 is 5.38. The minimum Gasteiger partial charge on any atom is -0.502 e. The number of carbonyl (C=O) groups is 1. The number of rotatable bonds is 5. The Hall–Kier alpha value is -2.83. The van der Waals surface area contributed by atoms with Crippen molar-refractivity contribution >= 4 is 11.6 Å². The van der Waals surface area contributed by atoms with Gasteiger partial charge in [-0.3, -0.25) is 14.9 Å². The number of hydrogen-bond donors (Lipinski definition) is 1. The lowest BCUT2D eigenvalue weighted by atomic mass is 10.1. The zero-order valence-electron chi connectivity index (χ0n) is 12.5. The van der Waals surface area contributed by atoms with Gasteiger partial charge in [-0.1, -0.05) is 0 Å². The Morgan fingerprint density at radius 2 is 2.17 bits per heavy atom. The predicted octanol–water partition coefficient (Wildman–Crippen LogP) is 3.26. The highest BCUT2D eigenvalue weighted by Gasteiger charge is 2.38. The van der Waals surface area contributed by atoms with Crippen LogP contribution < -0.4 is 0 Å². The molecule has 1 fully saturated rings. The molecule has 0 radical (unpaired) electrons. The molecule has 2 aromatic rings. The van der Waals surface area contributed by atoms with Crippen molar-refractivity contribution in [2.24, 2.45) is 0 Å². The maximum absolute atomic E-state index is 12.8. The number of phenolic OH excluding ortho intramolecular Hbond substituents is 1. The van der Waals surface area contributed by atoms with E-state index in [1.807, 2.05) is 6.92 Å². The average Bonchev–Trinajstić information content (AvgIpc) is 3.18. The number of carbonyl (C=O) groups excluding carboxylic acids is 1. The second-order valence-electron chi connectivity index (χ2n) is 5.60. The summed E-state index contributed by atoms with van der Waals surface area (Å²) in [5, 5.41) is 20.5. The van der Waals surface area contributed by atoms with Crippen LogP contribution in [0, 0.1) is 10.1 Å². The molecule has 0 aliphatic heterocycles. The van der Waals surface area contributed by atoms with E-state index in [2.05, 4.69) is 0 Å². The van der Waals surface area contributed by atoms with E-state index in [4.69, 9.17) is 4.42 Å². The Kier molecular flexibility index (Phi) is 3.77. The third kappa shape index (κ3) is 2.90. The van der Waals surface area contributed by atoms with Gasteiger partial charge in [0.1, 0.15) is 5.76 Å². The fraction of sp³-hybridized carbons (Fsp3) is 0.312. The largest absolute Gasteiger partial charge is 0.502 e. The van der Waals surface area contributed by atoms with Gasteiger partial charge in [0.2, 0.25) is 0 Å². The van der Waals surface area contributed by atoms with Crippen LogP contribution in [0.25, 0.3) is 0 Å². The molecule has 0 saturated heterocycles. The number of furan rings is 1. The van der Waals surface area contributed by atoms with Crippen LogP contribution in [0.1, 0.15) is 41.9 Å². The first-order valence-corrected chi connectivity index (χ1v) is 7.32. The molecule has 1 saturated carbocycles. The molecule has 7 heteroatoms. The Labute approximate surface area is 132 Å². The molecule has 7 nitrogen and oxygen atoms in total. The van der Waals surface area contributed by atoms with Gasteiger partial charge in [0, 0.05) is 17.7 Å². The van der Waals surface area contributed by atoms with Gasteiger partial charge in [-0.15, -0.1) is 0 Å². The molecular weight excluding hydrogens is 300 g/mol. The third-order valence-corrected chi connectivity index (χ3v) is 3.97. The highest BCUT2D eigenvalue weighted by atomic mass is 16.6. The third-order valence-electron chi connectivity index (χ3n) is 3.97. The Balaban J connectivity index is 1.90. The first-order chi connectivity index (χ1) is 11.0. The van der Waals surface area contributed by atoms with Crippen LogP contribution in [0.2, 0.25) is 0 Å². The standard InChI is InChI=1S/C16H16N2O5/c1-10(15-3-2-8-23-15)17(12-5-6-12)16(20)11-4-7-13(18(21)22)14(19)9-11/h2-4,7-10,12,19H,5-6H2,1H3/t10-/m1/s1. The Bertz CT molecular complexity index is 737. The molecular formula is C16H16N2O5. The van der Waals surface area contributed by atoms with Crippen molar-refractivity contribution in [2.45, 2.75) is 31.8 Å². The van der Waals surface area contributed by atoms with Crippen LogP contribution in [0.3, 0.4) is 0 Å². The Morgan fingerprint density at radius 1 is 1.43 bits per heavy atom. The van der Waals surface area contributed by atoms with Gasteiger partial charge in [0.25, 0.3) is 5.91 Å². The van der Waals surface area contributed by atoms with Crippen LogP contribution >= 0.6 is 0 Å². The molecule has 1 aromatic heterocycles. The van der Waals surface area contributed by atoms with Crippen LogP contribution in [0.4, 0.5) is 5.69 Å². The van der Waals surface area contributed by atoms with Crippen molar-refractivity contribution in [2.75, 3.05) is 0 Å². The van der Waals surface area contributed by atoms with E-state index in [9.17, 15) is 20.0 Å². The summed E-state index contributed by atoms with van der Waals surface area (Å²) in [6.07, 6.45) is 3.38. The lowest BCUT2D eigenvalue weighted by Crippen LogP contribution is -2.35. The molecule has 3 rings (SSSR count). The van der Waals surface area contributed by atoms with Gasteiger partial charge in [-0.2, -0.15) is 0 Å². The lowest BCUT2D eigenvalue weighted by Gasteiger charge is -2.28. The molecule has 1 amide bonds. The molecule has 1 aliphatic rings. The molecule has 0 spiro atoms. The zero-order chi connectivity index (χ0) is 16.6. The summed E-state index contributed by atoms with van der Waals surface area (Å²) in [5.74, 6) is -0.111. The molecule has 23 heavy (non-hydrogen) atoms. The summed E-state index contributed by atoms with van der Waals surface area (Å²) in [7, 11) is 0. The minimum atomic E-state index is -0.687. The van der Waals surface area contributed by atoms with Crippen LogP contribution in [0.5, 0.6) is 5.75 Å². The van der Waals surface area contributed by atoms with Gasteiger partial charge in [0.05, 0.1) is 17.2 Å². The summed E-state index contributed by atoms with van der Waals surface area (Å²) >= 11 is 0. The molecule has 1 aromatic carbocycles. The number of benzene rings is 1. The van der Waals surface area contributed by atoms with Crippen molar-refractivity contribution in [3.05, 3.63) is 58.0 Å². The van der Waals surface area contributed by atoms with Crippen LogP contribution in [0.15, 0.2) is 41.0 Å². The second-order valence-corrected chi connectivity index (χ2v) is 5.60. The molecule has 1 aliphatic carbocycles. The predicted molar refractivity (Wildman–Crippen MR) is 81.1 cm³/mol. The fourth-order valence-corrected chi connectivity index (χ4v) is 2.64. The number of aromatic hydroxyl groups is 1. The Morgan fingerprint density at radius 3 is 2.70 bits per heavy atom. The van der Waals surface area contributed by atoms with E-state index in [0.717, 1.165) is 25.0 Å². The average molecular weight is 316 g/mol. The molecule has 0 bridgehead atoms. The van der Waals surface area contributed by atoms with E-state index in [-0.39, 0.29) is 23.6 Å². The van der Waals surface area contributed by atoms with E-state index in [0.29, 0.717) is 5.76 Å². The van der Waals surface area contributed by atoms with Crippen LogP contribution in [-0.4, -0.2) is 26.9 Å². The first kappa shape index (κ1) is 15.1. The highest BCUT2D eigenvalue weighted by molar-refractivity contribution is 5.95. The number of nitrogens with zero attached hydrogens (tertiary/aromatic N) is 2. The van der Waals surface area contributed by atoms with Gasteiger partial charge >= 0.3 is 5.69 Å². The fourth-order valence-electron chi connectivity index (χ4n) is 2.64. The van der Waals surface area contributed by atoms with Gasteiger partial charge < -0.3 is 14.4 Å². The summed E-state index contributed by atoms with van der Waals surface area (Å²) in [6.45, 7) is 1.88. The SMILES string of the molecule is C[C@H](c1ccco1)N(C(=O)c1ccc([N+](=O)[O-])c(O)c1)C1CC1. The van der Waals surface area contributed by atoms with E-state index < -0.39 is 16.4 Å². The smallest absolute Gasteiger partial charge is 0.310 e. The normalized spacial score (nSPS) is 15.2. The molecule has 120 valence electrons. The maximum Gasteiger partial charge on any atom is 0.310 e. The number of hydrogen-bond acceptors (Lipinski definition) is 5. The van der Waals surface area contributed by atoms with Crippen LogP contribution in [-0.2, 0) is 0 Å². The number of amides is 1. The van der Waals surface area contributed by atoms with Crippen molar-refractivity contribution < 1.29 is 19.2 Å². The van der Waals surface area contributed by atoms with Gasteiger partial charge in [-0.05, 0) is 44.0 Å². The second kappa shape index (κ2) is 5.75. The summed E-state index contributed by atoms with van der Waals surface area (Å²) in [4.78, 5) is 24.6. The van der Waals surface area contributed by atoms with E-state index in [1.165, 1.54) is 6.07 Å². The van der Waals surface area contributed by atoms with Crippen molar-refractivity contribution in [3.8, 4) is 5.75 Å². The van der Waals surface area contributed by atoms with Gasteiger partial charge in [0.15, 0.2) is 5.75 Å². The van der Waals surface area contributed by atoms with Crippen molar-refractivity contribution in [1.82, 2.24) is 4.90 Å². The summed E-state index contributed by atoms with van der Waals surface area (Å²) in [6, 6.07) is 7.10.